The molecule has 0 amide bonds. The van der Waals surface area contributed by atoms with Gasteiger partial charge in [-0.25, -0.2) is 0 Å². The molecule has 2 aromatic heterocycles. The van der Waals surface area contributed by atoms with Crippen molar-refractivity contribution in [3.05, 3.63) is 132 Å². The molecule has 0 radical (unpaired) electrons. The Labute approximate surface area is 187 Å². The summed E-state index contributed by atoms with van der Waals surface area (Å²) >= 11 is 0. The first-order valence-corrected chi connectivity index (χ1v) is 11.1. The molecule has 0 fully saturated rings. The molecule has 0 N–H and O–H groups in total. The summed E-state index contributed by atoms with van der Waals surface area (Å²) in [6.07, 6.45) is 4.60. The zero-order valence-corrected chi connectivity index (χ0v) is 17.9. The Bertz CT molecular complexity index is 1490. The minimum absolute atomic E-state index is 0.434. The monoisotopic (exact) mass is 410 g/mol. The van der Waals surface area contributed by atoms with Crippen molar-refractivity contribution in [2.45, 2.75) is 12.6 Å². The lowest BCUT2D eigenvalue weighted by Gasteiger charge is -2.18. The average molecular weight is 411 g/mol. The molecule has 7 rings (SSSR count). The van der Waals surface area contributed by atoms with Crippen molar-refractivity contribution < 1.29 is 9.13 Å². The summed E-state index contributed by atoms with van der Waals surface area (Å²) in [7, 11) is 0. The molecule has 3 aromatic carbocycles. The maximum absolute atomic E-state index is 2.50. The molecule has 150 valence electrons. The van der Waals surface area contributed by atoms with Gasteiger partial charge in [-0.15, -0.1) is 9.13 Å². The lowest BCUT2D eigenvalue weighted by atomic mass is 9.90. The molecule has 32 heavy (non-hydrogen) atoms. The van der Waals surface area contributed by atoms with Crippen LogP contribution in [0.5, 0.6) is 0 Å². The molecule has 2 heteroatoms. The number of fused-ring (bicyclic) bond motifs is 10. The molecule has 0 bridgehead atoms. The predicted molar refractivity (Wildman–Crippen MR) is 126 cm³/mol. The van der Waals surface area contributed by atoms with Crippen molar-refractivity contribution >= 4 is 0 Å². The molecule has 5 aromatic rings. The van der Waals surface area contributed by atoms with Crippen LogP contribution in [-0.4, -0.2) is 0 Å². The van der Waals surface area contributed by atoms with Crippen LogP contribution in [0.1, 0.15) is 16.7 Å². The minimum atomic E-state index is -0.434. The Morgan fingerprint density at radius 3 is 1.94 bits per heavy atom. The van der Waals surface area contributed by atoms with Crippen molar-refractivity contribution in [1.82, 2.24) is 0 Å². The van der Waals surface area contributed by atoms with E-state index in [1.54, 1.807) is 0 Å². The lowest BCUT2D eigenvalue weighted by Crippen LogP contribution is -2.71. The molecule has 2 aliphatic rings. The Balaban J connectivity index is 1.66. The topological polar surface area (TPSA) is 7.76 Å². The van der Waals surface area contributed by atoms with E-state index in [0.29, 0.717) is 0 Å². The van der Waals surface area contributed by atoms with Gasteiger partial charge in [0.2, 0.25) is 11.4 Å². The van der Waals surface area contributed by atoms with E-state index in [2.05, 4.69) is 132 Å². The number of hydrogen-bond acceptors (Lipinski definition) is 0. The highest BCUT2D eigenvalue weighted by Gasteiger charge is 2.66. The normalized spacial score (nSPS) is 17.0. The van der Waals surface area contributed by atoms with Crippen LogP contribution in [0.4, 0.5) is 0 Å². The fourth-order valence-electron chi connectivity index (χ4n) is 5.79. The van der Waals surface area contributed by atoms with Crippen LogP contribution in [0.3, 0.4) is 0 Å². The molecule has 2 aliphatic heterocycles. The first-order chi connectivity index (χ1) is 15.8. The van der Waals surface area contributed by atoms with Crippen LogP contribution in [0, 0.1) is 6.92 Å². The van der Waals surface area contributed by atoms with Gasteiger partial charge in [0.1, 0.15) is 11.1 Å². The third-order valence-corrected chi connectivity index (χ3v) is 7.09. The molecule has 1 atom stereocenters. The molecule has 1 spiro atoms. The van der Waals surface area contributed by atoms with Crippen molar-refractivity contribution in [2.75, 3.05) is 0 Å². The summed E-state index contributed by atoms with van der Waals surface area (Å²) in [4.78, 5) is 0. The maximum Gasteiger partial charge on any atom is 0.417 e. The Hall–Kier alpha value is -4.04. The highest BCUT2D eigenvalue weighted by atomic mass is 15.3. The SMILES string of the molecule is Cc1cc2[n+](cc1-c1ccccc1)C1(c3ccccc3-c3cccc[n+]31)c1ccccc1-2. The van der Waals surface area contributed by atoms with Crippen LogP contribution in [0.25, 0.3) is 33.6 Å². The minimum Gasteiger partial charge on any atom is -0.126 e. The summed E-state index contributed by atoms with van der Waals surface area (Å²) in [5.74, 6) is 0. The standard InChI is InChI=1S/C30H22N2/c1-21-19-29-24-14-6-8-16-27(24)30(32(29)20-25(21)22-11-3-2-4-12-22)26-15-7-5-13-23(26)28-17-9-10-18-31(28)30/h2-20H,1H3/q+2. The number of rotatable bonds is 1. The largest absolute Gasteiger partial charge is 0.417 e. The number of nitrogens with zero attached hydrogens (tertiary/aromatic N) is 2. The van der Waals surface area contributed by atoms with Gasteiger partial charge < -0.3 is 0 Å². The van der Waals surface area contributed by atoms with Gasteiger partial charge in [0.25, 0.3) is 0 Å². The second-order valence-corrected chi connectivity index (χ2v) is 8.71. The van der Waals surface area contributed by atoms with Crippen molar-refractivity contribution in [3.8, 4) is 33.6 Å². The van der Waals surface area contributed by atoms with Gasteiger partial charge in [-0.3, -0.25) is 0 Å². The number of pyridine rings is 2. The Morgan fingerprint density at radius 1 is 0.562 bits per heavy atom. The van der Waals surface area contributed by atoms with Crippen LogP contribution in [0.15, 0.2) is 116 Å². The molecule has 0 saturated heterocycles. The van der Waals surface area contributed by atoms with Crippen LogP contribution in [0.2, 0.25) is 0 Å². The van der Waals surface area contributed by atoms with Gasteiger partial charge in [-0.2, -0.15) is 0 Å². The van der Waals surface area contributed by atoms with Gasteiger partial charge in [0, 0.05) is 23.8 Å². The zero-order chi connectivity index (χ0) is 21.3. The fraction of sp³-hybridized carbons (Fsp3) is 0.0667. The van der Waals surface area contributed by atoms with Gasteiger partial charge in [-0.05, 0) is 48.4 Å². The van der Waals surface area contributed by atoms with E-state index >= 15 is 0 Å². The van der Waals surface area contributed by atoms with Crippen molar-refractivity contribution in [1.29, 1.82) is 0 Å². The summed E-state index contributed by atoms with van der Waals surface area (Å²) < 4.78 is 4.96. The van der Waals surface area contributed by atoms with E-state index in [1.807, 2.05) is 0 Å². The van der Waals surface area contributed by atoms with Gasteiger partial charge in [0.05, 0.1) is 11.1 Å². The predicted octanol–water partition coefficient (Wildman–Crippen LogP) is 5.50. The molecular formula is C30H22N2+2. The smallest absolute Gasteiger partial charge is 0.126 e. The maximum atomic E-state index is 2.50. The second kappa shape index (κ2) is 6.24. The molecule has 1 unspecified atom stereocenters. The van der Waals surface area contributed by atoms with Crippen LogP contribution < -0.4 is 9.13 Å². The zero-order valence-electron chi connectivity index (χ0n) is 17.9. The van der Waals surface area contributed by atoms with E-state index < -0.39 is 5.66 Å². The van der Waals surface area contributed by atoms with Crippen LogP contribution in [-0.2, 0) is 5.66 Å². The number of aromatic nitrogens is 2. The highest BCUT2D eigenvalue weighted by Crippen LogP contribution is 2.47. The van der Waals surface area contributed by atoms with Crippen LogP contribution >= 0.6 is 0 Å². The Morgan fingerprint density at radius 2 is 1.19 bits per heavy atom. The van der Waals surface area contributed by atoms with Crippen molar-refractivity contribution in [2.24, 2.45) is 0 Å². The molecular weight excluding hydrogens is 388 g/mol. The van der Waals surface area contributed by atoms with E-state index in [1.165, 1.54) is 50.3 Å². The first kappa shape index (κ1) is 17.6. The summed E-state index contributed by atoms with van der Waals surface area (Å²) in [5.41, 5.74) is 11.1. The second-order valence-electron chi connectivity index (χ2n) is 8.71. The summed E-state index contributed by atoms with van der Waals surface area (Å²) in [5, 5.41) is 0. The van der Waals surface area contributed by atoms with E-state index in [0.717, 1.165) is 0 Å². The van der Waals surface area contributed by atoms with Gasteiger partial charge in [-0.1, -0.05) is 54.6 Å². The highest BCUT2D eigenvalue weighted by molar-refractivity contribution is 5.75. The number of hydrogen-bond donors (Lipinski definition) is 0. The molecule has 2 nitrogen and oxygen atoms in total. The quantitative estimate of drug-likeness (QED) is 0.316. The van der Waals surface area contributed by atoms with E-state index in [9.17, 15) is 0 Å². The third-order valence-electron chi connectivity index (χ3n) is 7.09. The summed E-state index contributed by atoms with van der Waals surface area (Å²) in [6, 6.07) is 37.3. The fourth-order valence-corrected chi connectivity index (χ4v) is 5.79. The molecule has 4 heterocycles. The molecule has 0 saturated carbocycles. The Kier molecular flexibility index (Phi) is 3.44. The van der Waals surface area contributed by atoms with Gasteiger partial charge in [0.15, 0.2) is 12.4 Å². The number of benzene rings is 3. The molecule has 0 aliphatic carbocycles. The van der Waals surface area contributed by atoms with Gasteiger partial charge >= 0.3 is 5.66 Å². The van der Waals surface area contributed by atoms with E-state index in [-0.39, 0.29) is 0 Å². The summed E-state index contributed by atoms with van der Waals surface area (Å²) in [6.45, 7) is 2.22. The third kappa shape index (κ3) is 2.04. The average Bonchev–Trinajstić information content (AvgIpc) is 3.31. The number of aryl methyl sites for hydroxylation is 1. The first-order valence-electron chi connectivity index (χ1n) is 11.1. The lowest BCUT2D eigenvalue weighted by molar-refractivity contribution is -0.954. The van der Waals surface area contributed by atoms with Crippen molar-refractivity contribution in [3.63, 3.8) is 0 Å². The van der Waals surface area contributed by atoms with E-state index in [4.69, 9.17) is 0 Å².